The van der Waals surface area contributed by atoms with Crippen LogP contribution in [0.15, 0.2) is 36.7 Å². The van der Waals surface area contributed by atoms with Crippen LogP contribution in [-0.2, 0) is 13.5 Å². The minimum atomic E-state index is 0.357. The van der Waals surface area contributed by atoms with E-state index >= 15 is 0 Å². The van der Waals surface area contributed by atoms with E-state index in [9.17, 15) is 0 Å². The first kappa shape index (κ1) is 15.6. The molecule has 1 fully saturated rings. The van der Waals surface area contributed by atoms with Crippen LogP contribution >= 0.6 is 22.9 Å². The van der Waals surface area contributed by atoms with Crippen molar-refractivity contribution >= 4 is 28.1 Å². The zero-order valence-corrected chi connectivity index (χ0v) is 15.0. The number of benzene rings is 1. The molecule has 7 heteroatoms. The third kappa shape index (κ3) is 3.16. The van der Waals surface area contributed by atoms with Gasteiger partial charge in [0.2, 0.25) is 5.13 Å². The lowest BCUT2D eigenvalue weighted by molar-refractivity contribution is 0.709. The molecule has 0 amide bonds. The van der Waals surface area contributed by atoms with E-state index in [1.165, 1.54) is 17.5 Å². The lowest BCUT2D eigenvalue weighted by atomic mass is 10.1. The first-order valence-electron chi connectivity index (χ1n) is 8.01. The maximum absolute atomic E-state index is 5.94. The summed E-state index contributed by atoms with van der Waals surface area (Å²) in [5.74, 6) is 0. The molecule has 1 aromatic carbocycles. The summed E-state index contributed by atoms with van der Waals surface area (Å²) in [5.41, 5.74) is 2.46. The standard InChI is InChI=1S/C17H18ClN5S/c1-22-11-13(10-19-22)15-3-2-8-23(15)17-21-20-16(24-17)9-12-4-6-14(18)7-5-12/h4-7,10-11,15H,2-3,8-9H2,1H3. The summed E-state index contributed by atoms with van der Waals surface area (Å²) >= 11 is 7.62. The van der Waals surface area contributed by atoms with Gasteiger partial charge in [-0.15, -0.1) is 10.2 Å². The Labute approximate surface area is 149 Å². The molecule has 4 rings (SSSR count). The zero-order valence-electron chi connectivity index (χ0n) is 13.4. The molecule has 1 aliphatic heterocycles. The molecular formula is C17H18ClN5S. The van der Waals surface area contributed by atoms with Crippen molar-refractivity contribution in [1.82, 2.24) is 20.0 Å². The van der Waals surface area contributed by atoms with Gasteiger partial charge in [-0.3, -0.25) is 4.68 Å². The van der Waals surface area contributed by atoms with Gasteiger partial charge >= 0.3 is 0 Å². The van der Waals surface area contributed by atoms with Gasteiger partial charge in [-0.1, -0.05) is 35.1 Å². The van der Waals surface area contributed by atoms with Crippen molar-refractivity contribution in [1.29, 1.82) is 0 Å². The number of rotatable bonds is 4. The fourth-order valence-electron chi connectivity index (χ4n) is 3.16. The molecule has 0 radical (unpaired) electrons. The van der Waals surface area contributed by atoms with Gasteiger partial charge < -0.3 is 4.90 Å². The van der Waals surface area contributed by atoms with E-state index < -0.39 is 0 Å². The molecule has 0 aliphatic carbocycles. The largest absolute Gasteiger partial charge is 0.339 e. The lowest BCUT2D eigenvalue weighted by Crippen LogP contribution is -2.22. The zero-order chi connectivity index (χ0) is 16.5. The normalized spacial score (nSPS) is 17.6. The fraction of sp³-hybridized carbons (Fsp3) is 0.353. The molecule has 2 aromatic heterocycles. The van der Waals surface area contributed by atoms with Crippen molar-refractivity contribution < 1.29 is 0 Å². The van der Waals surface area contributed by atoms with Crippen LogP contribution < -0.4 is 4.90 Å². The Hall–Kier alpha value is -1.92. The van der Waals surface area contributed by atoms with Crippen LogP contribution in [0, 0.1) is 0 Å². The summed E-state index contributed by atoms with van der Waals surface area (Å²) in [6.45, 7) is 1.02. The topological polar surface area (TPSA) is 46.8 Å². The summed E-state index contributed by atoms with van der Waals surface area (Å²) in [6, 6.07) is 8.26. The first-order chi connectivity index (χ1) is 11.7. The van der Waals surface area contributed by atoms with Crippen molar-refractivity contribution in [3.05, 3.63) is 57.8 Å². The van der Waals surface area contributed by atoms with Gasteiger partial charge in [0.05, 0.1) is 12.2 Å². The van der Waals surface area contributed by atoms with E-state index in [2.05, 4.69) is 26.4 Å². The summed E-state index contributed by atoms with van der Waals surface area (Å²) in [4.78, 5) is 2.36. The van der Waals surface area contributed by atoms with E-state index in [1.807, 2.05) is 42.2 Å². The van der Waals surface area contributed by atoms with Crippen molar-refractivity contribution in [2.75, 3.05) is 11.4 Å². The quantitative estimate of drug-likeness (QED) is 0.709. The van der Waals surface area contributed by atoms with Crippen LogP contribution in [0.5, 0.6) is 0 Å². The number of anilines is 1. The predicted molar refractivity (Wildman–Crippen MR) is 96.7 cm³/mol. The minimum Gasteiger partial charge on any atom is -0.339 e. The van der Waals surface area contributed by atoms with Crippen LogP contribution in [0.2, 0.25) is 5.02 Å². The third-order valence-electron chi connectivity index (χ3n) is 4.33. The molecule has 3 aromatic rings. The number of halogens is 1. The highest BCUT2D eigenvalue weighted by atomic mass is 35.5. The number of nitrogens with zero attached hydrogens (tertiary/aromatic N) is 5. The number of aryl methyl sites for hydroxylation is 1. The van der Waals surface area contributed by atoms with Gasteiger partial charge in [0.1, 0.15) is 5.01 Å². The molecule has 1 aliphatic rings. The van der Waals surface area contributed by atoms with Crippen LogP contribution in [0.25, 0.3) is 0 Å². The molecule has 1 saturated heterocycles. The number of hydrogen-bond acceptors (Lipinski definition) is 5. The minimum absolute atomic E-state index is 0.357. The summed E-state index contributed by atoms with van der Waals surface area (Å²) in [6.07, 6.45) is 7.15. The molecular weight excluding hydrogens is 342 g/mol. The Morgan fingerprint density at radius 2 is 2.08 bits per heavy atom. The van der Waals surface area contributed by atoms with Crippen LogP contribution in [0.3, 0.4) is 0 Å². The summed E-state index contributed by atoms with van der Waals surface area (Å²) in [5, 5.41) is 15.9. The highest BCUT2D eigenvalue weighted by Gasteiger charge is 2.29. The van der Waals surface area contributed by atoms with Gasteiger partial charge in [-0.05, 0) is 30.5 Å². The van der Waals surface area contributed by atoms with Gasteiger partial charge in [0.25, 0.3) is 0 Å². The smallest absolute Gasteiger partial charge is 0.208 e. The SMILES string of the molecule is Cn1cc(C2CCCN2c2nnc(Cc3ccc(Cl)cc3)s2)cn1. The lowest BCUT2D eigenvalue weighted by Gasteiger charge is -2.22. The van der Waals surface area contributed by atoms with Gasteiger partial charge in [-0.25, -0.2) is 0 Å². The van der Waals surface area contributed by atoms with Crippen LogP contribution in [0.4, 0.5) is 5.13 Å². The van der Waals surface area contributed by atoms with E-state index in [-0.39, 0.29) is 0 Å². The molecule has 3 heterocycles. The molecule has 5 nitrogen and oxygen atoms in total. The van der Waals surface area contributed by atoms with E-state index in [0.717, 1.165) is 34.5 Å². The molecule has 0 spiro atoms. The molecule has 0 saturated carbocycles. The molecule has 24 heavy (non-hydrogen) atoms. The van der Waals surface area contributed by atoms with Gasteiger partial charge in [0.15, 0.2) is 0 Å². The average Bonchev–Trinajstić information content (AvgIpc) is 3.29. The summed E-state index contributed by atoms with van der Waals surface area (Å²) in [7, 11) is 1.96. The number of hydrogen-bond donors (Lipinski definition) is 0. The number of aromatic nitrogens is 4. The van der Waals surface area contributed by atoms with Crippen molar-refractivity contribution in [3.8, 4) is 0 Å². The fourth-order valence-corrected chi connectivity index (χ4v) is 4.24. The Bertz CT molecular complexity index is 826. The Kier molecular flexibility index (Phi) is 4.24. The first-order valence-corrected chi connectivity index (χ1v) is 9.20. The monoisotopic (exact) mass is 359 g/mol. The average molecular weight is 360 g/mol. The Balaban J connectivity index is 1.52. The molecule has 1 atom stereocenters. The van der Waals surface area contributed by atoms with Crippen molar-refractivity contribution in [2.45, 2.75) is 25.3 Å². The third-order valence-corrected chi connectivity index (χ3v) is 5.55. The van der Waals surface area contributed by atoms with Gasteiger partial charge in [0, 0.05) is 36.8 Å². The van der Waals surface area contributed by atoms with Crippen molar-refractivity contribution in [3.63, 3.8) is 0 Å². The molecule has 124 valence electrons. The molecule has 0 N–H and O–H groups in total. The second-order valence-electron chi connectivity index (χ2n) is 6.08. The second kappa shape index (κ2) is 6.53. The molecule has 0 bridgehead atoms. The van der Waals surface area contributed by atoms with Crippen molar-refractivity contribution in [2.24, 2.45) is 7.05 Å². The van der Waals surface area contributed by atoms with E-state index in [4.69, 9.17) is 11.6 Å². The second-order valence-corrected chi connectivity index (χ2v) is 7.56. The maximum atomic E-state index is 5.94. The van der Waals surface area contributed by atoms with E-state index in [1.54, 1.807) is 11.3 Å². The van der Waals surface area contributed by atoms with Gasteiger partial charge in [-0.2, -0.15) is 5.10 Å². The predicted octanol–water partition coefficient (Wildman–Crippen LogP) is 3.86. The van der Waals surface area contributed by atoms with E-state index in [0.29, 0.717) is 6.04 Å². The molecule has 1 unspecified atom stereocenters. The highest BCUT2D eigenvalue weighted by Crippen LogP contribution is 2.37. The highest BCUT2D eigenvalue weighted by molar-refractivity contribution is 7.15. The summed E-state index contributed by atoms with van der Waals surface area (Å²) < 4.78 is 1.86. The maximum Gasteiger partial charge on any atom is 0.208 e. The van der Waals surface area contributed by atoms with Crippen LogP contribution in [0.1, 0.15) is 35.0 Å². The Morgan fingerprint density at radius 3 is 2.83 bits per heavy atom. The van der Waals surface area contributed by atoms with Crippen LogP contribution in [-0.4, -0.2) is 26.5 Å². The Morgan fingerprint density at radius 1 is 1.25 bits per heavy atom.